The maximum atomic E-state index is 12.1. The van der Waals surface area contributed by atoms with Crippen molar-refractivity contribution in [3.63, 3.8) is 0 Å². The molecule has 2 aromatic rings. The molecule has 100 valence electrons. The lowest BCUT2D eigenvalue weighted by Gasteiger charge is -2.04. The number of benzene rings is 2. The lowest BCUT2D eigenvalue weighted by molar-refractivity contribution is 0.519. The summed E-state index contributed by atoms with van der Waals surface area (Å²) in [6.07, 6.45) is 0. The van der Waals surface area contributed by atoms with Gasteiger partial charge in [-0.1, -0.05) is 28.2 Å². The van der Waals surface area contributed by atoms with Gasteiger partial charge in [-0.2, -0.15) is 4.21 Å². The number of rotatable bonds is 5. The SMILES string of the molecule is O=S(F)Oc1ccc(-c2ccc(OSF)cc2)cc1. The highest BCUT2D eigenvalue weighted by atomic mass is 32.2. The minimum Gasteiger partial charge on any atom is -0.397 e. The van der Waals surface area contributed by atoms with E-state index in [4.69, 9.17) is 0 Å². The highest BCUT2D eigenvalue weighted by molar-refractivity contribution is 7.89. The molecule has 0 fully saturated rings. The monoisotopic (exact) mass is 302 g/mol. The molecule has 0 saturated carbocycles. The number of halogens is 2. The van der Waals surface area contributed by atoms with E-state index in [1.807, 2.05) is 0 Å². The second kappa shape index (κ2) is 6.53. The zero-order chi connectivity index (χ0) is 13.7. The summed E-state index contributed by atoms with van der Waals surface area (Å²) in [6, 6.07) is 13.2. The zero-order valence-electron chi connectivity index (χ0n) is 9.42. The Bertz CT molecular complexity index is 558. The third-order valence-electron chi connectivity index (χ3n) is 2.33. The van der Waals surface area contributed by atoms with Crippen LogP contribution in [0, 0.1) is 0 Å². The van der Waals surface area contributed by atoms with Crippen LogP contribution in [0.4, 0.5) is 7.77 Å². The van der Waals surface area contributed by atoms with Crippen LogP contribution < -0.4 is 8.37 Å². The molecule has 2 rings (SSSR count). The molecule has 0 saturated heterocycles. The molecular formula is C12H8F2O3S2. The van der Waals surface area contributed by atoms with Gasteiger partial charge in [0.05, 0.1) is 0 Å². The smallest absolute Gasteiger partial charge is 0.397 e. The third kappa shape index (κ3) is 3.93. The summed E-state index contributed by atoms with van der Waals surface area (Å²) in [4.78, 5) is 0. The maximum Gasteiger partial charge on any atom is 0.401 e. The van der Waals surface area contributed by atoms with Crippen molar-refractivity contribution in [2.24, 2.45) is 0 Å². The Labute approximate surface area is 116 Å². The molecule has 0 spiro atoms. The first-order valence-electron chi connectivity index (χ1n) is 5.11. The summed E-state index contributed by atoms with van der Waals surface area (Å²) in [5.41, 5.74) is 1.74. The Morgan fingerprint density at radius 1 is 0.895 bits per heavy atom. The standard InChI is InChI=1S/C12H8F2O3S2/c13-18-16-11-5-1-9(2-6-11)10-3-7-12(8-4-10)17-19(14)15/h1-8H. The van der Waals surface area contributed by atoms with Gasteiger partial charge in [-0.25, -0.2) is 0 Å². The van der Waals surface area contributed by atoms with Gasteiger partial charge in [-0.15, -0.1) is 3.89 Å². The van der Waals surface area contributed by atoms with Gasteiger partial charge in [0.1, 0.15) is 11.5 Å². The molecule has 0 aliphatic rings. The van der Waals surface area contributed by atoms with Crippen LogP contribution >= 0.6 is 12.4 Å². The summed E-state index contributed by atoms with van der Waals surface area (Å²) in [7, 11) is 0. The van der Waals surface area contributed by atoms with Gasteiger partial charge in [0.15, 0.2) is 0 Å². The lowest BCUT2D eigenvalue weighted by atomic mass is 10.1. The summed E-state index contributed by atoms with van der Waals surface area (Å²) in [5.74, 6) is 0.586. The number of hydrogen-bond donors (Lipinski definition) is 0. The van der Waals surface area contributed by atoms with Gasteiger partial charge in [0.2, 0.25) is 0 Å². The average molecular weight is 302 g/mol. The van der Waals surface area contributed by atoms with Crippen LogP contribution in [-0.4, -0.2) is 4.21 Å². The van der Waals surface area contributed by atoms with Crippen molar-refractivity contribution in [2.45, 2.75) is 0 Å². The summed E-state index contributed by atoms with van der Waals surface area (Å²) < 4.78 is 43.3. The van der Waals surface area contributed by atoms with Crippen molar-refractivity contribution in [1.82, 2.24) is 0 Å². The first kappa shape index (κ1) is 13.8. The Hall–Kier alpha value is -1.60. The first-order chi connectivity index (χ1) is 9.19. The Morgan fingerprint density at radius 3 is 1.79 bits per heavy atom. The van der Waals surface area contributed by atoms with E-state index in [1.54, 1.807) is 36.4 Å². The molecule has 0 bridgehead atoms. The van der Waals surface area contributed by atoms with Gasteiger partial charge >= 0.3 is 11.5 Å². The molecule has 2 aromatic carbocycles. The van der Waals surface area contributed by atoms with Crippen LogP contribution in [0.15, 0.2) is 48.5 Å². The van der Waals surface area contributed by atoms with Crippen LogP contribution in [-0.2, 0) is 11.5 Å². The van der Waals surface area contributed by atoms with E-state index >= 15 is 0 Å². The molecule has 0 aliphatic carbocycles. The second-order valence-electron chi connectivity index (χ2n) is 3.47. The fraction of sp³-hybridized carbons (Fsp3) is 0. The minimum atomic E-state index is -2.83. The first-order valence-corrected chi connectivity index (χ1v) is 6.73. The maximum absolute atomic E-state index is 12.1. The molecule has 0 aliphatic heterocycles. The Balaban J connectivity index is 2.15. The van der Waals surface area contributed by atoms with Gasteiger partial charge in [-0.05, 0) is 35.4 Å². The lowest BCUT2D eigenvalue weighted by Crippen LogP contribution is -1.91. The fourth-order valence-electron chi connectivity index (χ4n) is 1.52. The molecule has 0 heterocycles. The highest BCUT2D eigenvalue weighted by Crippen LogP contribution is 2.26. The summed E-state index contributed by atoms with van der Waals surface area (Å²) >= 11 is -3.04. The van der Waals surface area contributed by atoms with Crippen LogP contribution in [0.2, 0.25) is 0 Å². The average Bonchev–Trinajstić information content (AvgIpc) is 2.40. The predicted octanol–water partition coefficient (Wildman–Crippen LogP) is 4.19. The van der Waals surface area contributed by atoms with E-state index < -0.39 is 11.5 Å². The molecule has 1 atom stereocenters. The van der Waals surface area contributed by atoms with E-state index in [-0.39, 0.29) is 18.2 Å². The predicted molar refractivity (Wildman–Crippen MR) is 71.1 cm³/mol. The molecule has 0 N–H and O–H groups in total. The Morgan fingerprint density at radius 2 is 1.37 bits per heavy atom. The largest absolute Gasteiger partial charge is 0.401 e. The zero-order valence-corrected chi connectivity index (χ0v) is 11.0. The minimum absolute atomic E-state index is 0.179. The van der Waals surface area contributed by atoms with Crippen molar-refractivity contribution in [1.29, 1.82) is 0 Å². The molecule has 7 heteroatoms. The quantitative estimate of drug-likeness (QED) is 0.613. The topological polar surface area (TPSA) is 35.5 Å². The van der Waals surface area contributed by atoms with Crippen molar-refractivity contribution >= 4 is 23.9 Å². The van der Waals surface area contributed by atoms with Gasteiger partial charge < -0.3 is 8.37 Å². The van der Waals surface area contributed by atoms with Crippen molar-refractivity contribution in [2.75, 3.05) is 0 Å². The molecular weight excluding hydrogens is 294 g/mol. The molecule has 19 heavy (non-hydrogen) atoms. The fourth-order valence-corrected chi connectivity index (χ4v) is 1.96. The highest BCUT2D eigenvalue weighted by Gasteiger charge is 2.02. The summed E-state index contributed by atoms with van der Waals surface area (Å²) in [6.45, 7) is 0. The molecule has 0 radical (unpaired) electrons. The van der Waals surface area contributed by atoms with Crippen LogP contribution in [0.3, 0.4) is 0 Å². The van der Waals surface area contributed by atoms with Crippen molar-refractivity contribution in [3.05, 3.63) is 48.5 Å². The van der Waals surface area contributed by atoms with Crippen LogP contribution in [0.25, 0.3) is 11.1 Å². The molecule has 3 nitrogen and oxygen atoms in total. The van der Waals surface area contributed by atoms with Crippen LogP contribution in [0.1, 0.15) is 0 Å². The van der Waals surface area contributed by atoms with Gasteiger partial charge in [0.25, 0.3) is 12.4 Å². The van der Waals surface area contributed by atoms with E-state index in [2.05, 4.69) is 8.37 Å². The van der Waals surface area contributed by atoms with E-state index in [1.165, 1.54) is 12.1 Å². The normalized spacial score (nSPS) is 11.9. The number of hydrogen-bond acceptors (Lipinski definition) is 4. The summed E-state index contributed by atoms with van der Waals surface area (Å²) in [5, 5.41) is 0. The third-order valence-corrected chi connectivity index (χ3v) is 2.91. The van der Waals surface area contributed by atoms with E-state index in [0.29, 0.717) is 5.75 Å². The van der Waals surface area contributed by atoms with Crippen molar-refractivity contribution in [3.8, 4) is 22.6 Å². The van der Waals surface area contributed by atoms with Crippen molar-refractivity contribution < 1.29 is 20.3 Å². The van der Waals surface area contributed by atoms with E-state index in [0.717, 1.165) is 11.1 Å². The van der Waals surface area contributed by atoms with Gasteiger partial charge in [-0.3, -0.25) is 0 Å². The molecule has 0 amide bonds. The Kier molecular flexibility index (Phi) is 4.75. The van der Waals surface area contributed by atoms with E-state index in [9.17, 15) is 12.0 Å². The second-order valence-corrected chi connectivity index (χ2v) is 4.32. The van der Waals surface area contributed by atoms with Crippen LogP contribution in [0.5, 0.6) is 11.5 Å². The molecule has 0 aromatic heterocycles. The molecule has 1 unspecified atom stereocenters. The van der Waals surface area contributed by atoms with Gasteiger partial charge in [0, 0.05) is 0 Å².